The van der Waals surface area contributed by atoms with E-state index in [2.05, 4.69) is 30.0 Å². The molecule has 102 valence electrons. The van der Waals surface area contributed by atoms with Gasteiger partial charge in [0.2, 0.25) is 0 Å². The molecule has 0 radical (unpaired) electrons. The van der Waals surface area contributed by atoms with E-state index in [9.17, 15) is 0 Å². The number of nitriles is 1. The van der Waals surface area contributed by atoms with Gasteiger partial charge in [0.05, 0.1) is 11.3 Å². The van der Waals surface area contributed by atoms with Gasteiger partial charge in [-0.25, -0.2) is 0 Å². The van der Waals surface area contributed by atoms with Crippen LogP contribution in [-0.4, -0.2) is 38.1 Å². The summed E-state index contributed by atoms with van der Waals surface area (Å²) in [5.41, 5.74) is 1.81. The average Bonchev–Trinajstić information content (AvgIpc) is 2.46. The van der Waals surface area contributed by atoms with Gasteiger partial charge in [0.25, 0.3) is 0 Å². The molecular weight excluding hydrogens is 234 g/mol. The summed E-state index contributed by atoms with van der Waals surface area (Å²) in [6, 6.07) is 10.8. The van der Waals surface area contributed by atoms with Gasteiger partial charge in [-0.1, -0.05) is 18.6 Å². The lowest BCUT2D eigenvalue weighted by atomic mass is 10.00. The van der Waals surface area contributed by atoms with Gasteiger partial charge < -0.3 is 9.80 Å². The quantitative estimate of drug-likeness (QED) is 0.831. The van der Waals surface area contributed by atoms with Crippen molar-refractivity contribution in [1.82, 2.24) is 4.90 Å². The fourth-order valence-corrected chi connectivity index (χ4v) is 2.87. The maximum atomic E-state index is 9.14. The maximum absolute atomic E-state index is 9.14. The highest BCUT2D eigenvalue weighted by Crippen LogP contribution is 2.21. The fourth-order valence-electron chi connectivity index (χ4n) is 2.87. The molecule has 19 heavy (non-hydrogen) atoms. The lowest BCUT2D eigenvalue weighted by molar-refractivity contribution is 0.178. The number of rotatable bonds is 4. The largest absolute Gasteiger partial charge is 0.373 e. The molecule has 0 aromatic heterocycles. The van der Waals surface area contributed by atoms with Crippen LogP contribution in [0, 0.1) is 11.3 Å². The molecule has 3 nitrogen and oxygen atoms in total. The Morgan fingerprint density at radius 2 is 2.16 bits per heavy atom. The summed E-state index contributed by atoms with van der Waals surface area (Å²) < 4.78 is 0. The molecule has 3 heteroatoms. The van der Waals surface area contributed by atoms with E-state index in [1.807, 2.05) is 24.3 Å². The highest BCUT2D eigenvalue weighted by Gasteiger charge is 2.19. The monoisotopic (exact) mass is 257 g/mol. The number of benzene rings is 1. The van der Waals surface area contributed by atoms with Crippen LogP contribution in [0.5, 0.6) is 0 Å². The Morgan fingerprint density at radius 1 is 1.37 bits per heavy atom. The van der Waals surface area contributed by atoms with Crippen molar-refractivity contribution in [3.05, 3.63) is 29.8 Å². The van der Waals surface area contributed by atoms with Crippen molar-refractivity contribution in [1.29, 1.82) is 5.26 Å². The summed E-state index contributed by atoms with van der Waals surface area (Å²) in [5.74, 6) is 0. The first-order chi connectivity index (χ1) is 9.22. The van der Waals surface area contributed by atoms with Crippen LogP contribution >= 0.6 is 0 Å². The Bertz CT molecular complexity index is 450. The number of hydrogen-bond acceptors (Lipinski definition) is 3. The summed E-state index contributed by atoms with van der Waals surface area (Å²) in [6.45, 7) is 2.23. The number of para-hydroxylation sites is 1. The molecule has 0 bridgehead atoms. The van der Waals surface area contributed by atoms with Gasteiger partial charge in [0.15, 0.2) is 0 Å². The fraction of sp³-hybridized carbons (Fsp3) is 0.562. The molecule has 1 aliphatic rings. The smallest absolute Gasteiger partial charge is 0.101 e. The first-order valence-corrected chi connectivity index (χ1v) is 7.13. The molecule has 0 N–H and O–H groups in total. The Morgan fingerprint density at radius 3 is 2.89 bits per heavy atom. The van der Waals surface area contributed by atoms with E-state index in [1.54, 1.807) is 0 Å². The van der Waals surface area contributed by atoms with Crippen LogP contribution in [0.25, 0.3) is 0 Å². The first kappa shape index (κ1) is 13.9. The standard InChI is InChI=1S/C16H23N3/c1-18-11-6-5-8-15(18)10-12-19(2)16-9-4-3-7-14(16)13-17/h3-4,7,9,15H,5-6,8,10-12H2,1-2H3. The molecule has 1 heterocycles. The average molecular weight is 257 g/mol. The topological polar surface area (TPSA) is 30.3 Å². The minimum atomic E-state index is 0.699. The van der Waals surface area contributed by atoms with Crippen molar-refractivity contribution in [2.45, 2.75) is 31.7 Å². The van der Waals surface area contributed by atoms with E-state index in [1.165, 1.54) is 32.2 Å². The summed E-state index contributed by atoms with van der Waals surface area (Å²) in [5, 5.41) is 9.14. The van der Waals surface area contributed by atoms with Gasteiger partial charge in [-0.3, -0.25) is 0 Å². The lowest BCUT2D eigenvalue weighted by Gasteiger charge is -2.34. The van der Waals surface area contributed by atoms with Crippen LogP contribution in [0.1, 0.15) is 31.2 Å². The molecule has 0 spiro atoms. The first-order valence-electron chi connectivity index (χ1n) is 7.13. The second kappa shape index (κ2) is 6.58. The molecule has 1 aromatic carbocycles. The highest BCUT2D eigenvalue weighted by atomic mass is 15.1. The van der Waals surface area contributed by atoms with Crippen LogP contribution < -0.4 is 4.90 Å². The number of hydrogen-bond donors (Lipinski definition) is 0. The maximum Gasteiger partial charge on any atom is 0.101 e. The molecule has 1 fully saturated rings. The predicted octanol–water partition coefficient (Wildman–Crippen LogP) is 2.87. The number of likely N-dealkylation sites (tertiary alicyclic amines) is 1. The SMILES string of the molecule is CN(CCC1CCCCN1C)c1ccccc1C#N. The molecule has 1 unspecified atom stereocenters. The molecule has 0 aliphatic carbocycles. The molecule has 1 saturated heterocycles. The third-order valence-corrected chi connectivity index (χ3v) is 4.15. The minimum Gasteiger partial charge on any atom is -0.373 e. The molecule has 2 rings (SSSR count). The Balaban J connectivity index is 1.94. The zero-order chi connectivity index (χ0) is 13.7. The van der Waals surface area contributed by atoms with Crippen LogP contribution in [-0.2, 0) is 0 Å². The molecule has 1 atom stereocenters. The van der Waals surface area contributed by atoms with E-state index < -0.39 is 0 Å². The van der Waals surface area contributed by atoms with Crippen LogP contribution in [0.15, 0.2) is 24.3 Å². The van der Waals surface area contributed by atoms with Crippen LogP contribution in [0.2, 0.25) is 0 Å². The van der Waals surface area contributed by atoms with Crippen LogP contribution in [0.3, 0.4) is 0 Å². The van der Waals surface area contributed by atoms with E-state index in [0.717, 1.165) is 17.8 Å². The van der Waals surface area contributed by atoms with Crippen molar-refractivity contribution in [3.8, 4) is 6.07 Å². The van der Waals surface area contributed by atoms with Crippen molar-refractivity contribution in [3.63, 3.8) is 0 Å². The minimum absolute atomic E-state index is 0.699. The second-order valence-electron chi connectivity index (χ2n) is 5.47. The van der Waals surface area contributed by atoms with Gasteiger partial charge in [0, 0.05) is 19.6 Å². The summed E-state index contributed by atoms with van der Waals surface area (Å²) in [4.78, 5) is 4.69. The van der Waals surface area contributed by atoms with E-state index in [0.29, 0.717) is 6.04 Å². The summed E-state index contributed by atoms with van der Waals surface area (Å²) in [7, 11) is 4.31. The van der Waals surface area contributed by atoms with Gasteiger partial charge in [-0.2, -0.15) is 5.26 Å². The Kier molecular flexibility index (Phi) is 4.81. The van der Waals surface area contributed by atoms with E-state index >= 15 is 0 Å². The van der Waals surface area contributed by atoms with Crippen molar-refractivity contribution in [2.24, 2.45) is 0 Å². The Labute approximate surface area is 116 Å². The van der Waals surface area contributed by atoms with Crippen molar-refractivity contribution < 1.29 is 0 Å². The summed E-state index contributed by atoms with van der Waals surface area (Å²) in [6.07, 6.45) is 5.17. The van der Waals surface area contributed by atoms with Gasteiger partial charge in [0.1, 0.15) is 6.07 Å². The molecule has 0 saturated carbocycles. The normalized spacial score (nSPS) is 19.9. The molecular formula is C16H23N3. The van der Waals surface area contributed by atoms with E-state index in [-0.39, 0.29) is 0 Å². The van der Waals surface area contributed by atoms with Crippen LogP contribution in [0.4, 0.5) is 5.69 Å². The lowest BCUT2D eigenvalue weighted by Crippen LogP contribution is -2.38. The zero-order valence-corrected chi connectivity index (χ0v) is 12.0. The predicted molar refractivity (Wildman–Crippen MR) is 79.3 cm³/mol. The third-order valence-electron chi connectivity index (χ3n) is 4.15. The van der Waals surface area contributed by atoms with Crippen molar-refractivity contribution in [2.75, 3.05) is 32.1 Å². The van der Waals surface area contributed by atoms with Crippen molar-refractivity contribution >= 4 is 5.69 Å². The third kappa shape index (κ3) is 3.48. The second-order valence-corrected chi connectivity index (χ2v) is 5.47. The van der Waals surface area contributed by atoms with E-state index in [4.69, 9.17) is 5.26 Å². The molecule has 0 amide bonds. The number of anilines is 1. The zero-order valence-electron chi connectivity index (χ0n) is 12.0. The van der Waals surface area contributed by atoms with Gasteiger partial charge in [-0.05, 0) is 45.0 Å². The molecule has 1 aromatic rings. The molecule has 1 aliphatic heterocycles. The highest BCUT2D eigenvalue weighted by molar-refractivity contribution is 5.58. The number of piperidine rings is 1. The summed E-state index contributed by atoms with van der Waals surface area (Å²) >= 11 is 0. The van der Waals surface area contributed by atoms with Gasteiger partial charge >= 0.3 is 0 Å². The number of nitrogens with zero attached hydrogens (tertiary/aromatic N) is 3. The Hall–Kier alpha value is -1.53. The van der Waals surface area contributed by atoms with Gasteiger partial charge in [-0.15, -0.1) is 0 Å².